The number of nitrogens with zero attached hydrogens (tertiary/aromatic N) is 3. The molecule has 0 bridgehead atoms. The lowest BCUT2D eigenvalue weighted by Gasteiger charge is -2.04. The van der Waals surface area contributed by atoms with Crippen molar-refractivity contribution in [3.05, 3.63) is 30.0 Å². The lowest BCUT2D eigenvalue weighted by molar-refractivity contribution is -0.105. The highest BCUT2D eigenvalue weighted by Gasteiger charge is 2.14. The number of anilines is 1. The molecule has 0 aliphatic carbocycles. The minimum absolute atomic E-state index is 0.0254. The van der Waals surface area contributed by atoms with Gasteiger partial charge in [-0.25, -0.2) is 9.97 Å². The third-order valence-electron chi connectivity index (χ3n) is 3.72. The van der Waals surface area contributed by atoms with Crippen LogP contribution < -0.4 is 16.4 Å². The summed E-state index contributed by atoms with van der Waals surface area (Å²) >= 11 is 0. The van der Waals surface area contributed by atoms with Crippen LogP contribution in [0.15, 0.2) is 24.4 Å². The van der Waals surface area contributed by atoms with E-state index in [1.54, 1.807) is 36.0 Å². The Morgan fingerprint density at radius 2 is 2.23 bits per heavy atom. The molecular formula is C16H18N8O2. The SMILES string of the molecule is Cn1cc(NC=O)nc1-c1nc2ccc(C(=O)NCCC(=N)N)cc2[nH]1. The lowest BCUT2D eigenvalue weighted by atomic mass is 10.2. The first kappa shape index (κ1) is 17.1. The quantitative estimate of drug-likeness (QED) is 0.238. The van der Waals surface area contributed by atoms with Crippen LogP contribution in [0.1, 0.15) is 16.8 Å². The fraction of sp³-hybridized carbons (Fsp3) is 0.188. The van der Waals surface area contributed by atoms with Crippen LogP contribution in [0.25, 0.3) is 22.7 Å². The molecule has 0 fully saturated rings. The Balaban J connectivity index is 1.84. The molecule has 134 valence electrons. The van der Waals surface area contributed by atoms with E-state index in [0.717, 1.165) is 0 Å². The number of aromatic amines is 1. The van der Waals surface area contributed by atoms with E-state index >= 15 is 0 Å². The van der Waals surface area contributed by atoms with Crippen molar-refractivity contribution in [1.82, 2.24) is 24.8 Å². The minimum Gasteiger partial charge on any atom is -0.388 e. The molecule has 1 aromatic carbocycles. The Kier molecular flexibility index (Phi) is 4.65. The first-order valence-electron chi connectivity index (χ1n) is 7.82. The molecule has 3 aromatic rings. The molecule has 0 saturated carbocycles. The zero-order chi connectivity index (χ0) is 18.7. The number of nitrogens with two attached hydrogens (primary N) is 1. The Bertz CT molecular complexity index is 987. The summed E-state index contributed by atoms with van der Waals surface area (Å²) in [6, 6.07) is 5.11. The van der Waals surface area contributed by atoms with Crippen LogP contribution in [0.2, 0.25) is 0 Å². The van der Waals surface area contributed by atoms with Gasteiger partial charge in [0.1, 0.15) is 0 Å². The van der Waals surface area contributed by atoms with Gasteiger partial charge in [0, 0.05) is 31.8 Å². The number of benzene rings is 1. The van der Waals surface area contributed by atoms with Crippen molar-refractivity contribution in [2.24, 2.45) is 12.8 Å². The Morgan fingerprint density at radius 1 is 1.42 bits per heavy atom. The maximum absolute atomic E-state index is 12.2. The molecule has 0 saturated heterocycles. The summed E-state index contributed by atoms with van der Waals surface area (Å²) in [7, 11) is 1.79. The summed E-state index contributed by atoms with van der Waals surface area (Å²) < 4.78 is 1.74. The predicted octanol–water partition coefficient (Wildman–Crippen LogP) is 0.588. The number of aromatic nitrogens is 4. The minimum atomic E-state index is -0.251. The number of carbonyl (C=O) groups is 2. The highest BCUT2D eigenvalue weighted by molar-refractivity contribution is 5.97. The van der Waals surface area contributed by atoms with E-state index in [-0.39, 0.29) is 11.7 Å². The Labute approximate surface area is 148 Å². The number of imidazole rings is 2. The maximum atomic E-state index is 12.2. The number of nitrogens with one attached hydrogen (secondary N) is 4. The maximum Gasteiger partial charge on any atom is 0.251 e. The zero-order valence-electron chi connectivity index (χ0n) is 14.0. The number of aryl methyl sites for hydroxylation is 1. The fourth-order valence-corrected chi connectivity index (χ4v) is 2.49. The van der Waals surface area contributed by atoms with Gasteiger partial charge in [0.25, 0.3) is 5.91 Å². The average molecular weight is 354 g/mol. The topological polar surface area (TPSA) is 155 Å². The van der Waals surface area contributed by atoms with Crippen LogP contribution in [-0.4, -0.2) is 44.2 Å². The summed E-state index contributed by atoms with van der Waals surface area (Å²) in [5, 5.41) is 12.4. The first-order valence-corrected chi connectivity index (χ1v) is 7.82. The molecule has 10 nitrogen and oxygen atoms in total. The highest BCUT2D eigenvalue weighted by Crippen LogP contribution is 2.22. The largest absolute Gasteiger partial charge is 0.388 e. The highest BCUT2D eigenvalue weighted by atomic mass is 16.1. The second-order valence-electron chi connectivity index (χ2n) is 5.67. The summed E-state index contributed by atoms with van der Waals surface area (Å²) in [6.45, 7) is 0.306. The second kappa shape index (κ2) is 7.05. The summed E-state index contributed by atoms with van der Waals surface area (Å²) in [5.41, 5.74) is 7.12. The van der Waals surface area contributed by atoms with Gasteiger partial charge in [-0.15, -0.1) is 0 Å². The number of fused-ring (bicyclic) bond motifs is 1. The fourth-order valence-electron chi connectivity index (χ4n) is 2.49. The van der Waals surface area contributed by atoms with Gasteiger partial charge in [0.15, 0.2) is 17.5 Å². The summed E-state index contributed by atoms with van der Waals surface area (Å²) in [6.07, 6.45) is 2.53. The molecule has 2 aromatic heterocycles. The van der Waals surface area contributed by atoms with Crippen LogP contribution in [0.5, 0.6) is 0 Å². The first-order chi connectivity index (χ1) is 12.5. The molecule has 0 unspecified atom stereocenters. The van der Waals surface area contributed by atoms with Gasteiger partial charge in [0.2, 0.25) is 6.41 Å². The third kappa shape index (κ3) is 3.53. The van der Waals surface area contributed by atoms with Gasteiger partial charge >= 0.3 is 0 Å². The molecule has 0 radical (unpaired) electrons. The standard InChI is InChI=1S/C16H18N8O2/c1-24-7-13(20-8-25)23-15(24)14-21-10-3-2-9(6-11(10)22-14)16(26)19-5-4-12(17)18/h2-3,6-8H,4-5H2,1H3,(H3,17,18)(H,19,26)(H,20,25)(H,21,22). The van der Waals surface area contributed by atoms with Gasteiger partial charge in [0.05, 0.1) is 16.9 Å². The number of rotatable bonds is 7. The Hall–Kier alpha value is -3.69. The van der Waals surface area contributed by atoms with Crippen molar-refractivity contribution in [1.29, 1.82) is 5.41 Å². The van der Waals surface area contributed by atoms with E-state index in [2.05, 4.69) is 25.6 Å². The molecule has 0 spiro atoms. The van der Waals surface area contributed by atoms with Crippen LogP contribution in [0.3, 0.4) is 0 Å². The van der Waals surface area contributed by atoms with Crippen molar-refractivity contribution in [2.75, 3.05) is 11.9 Å². The molecule has 3 rings (SSSR count). The van der Waals surface area contributed by atoms with Gasteiger partial charge in [-0.3, -0.25) is 15.0 Å². The molecule has 0 aliphatic heterocycles. The molecule has 26 heavy (non-hydrogen) atoms. The molecule has 0 aliphatic rings. The molecule has 0 atom stereocenters. The van der Waals surface area contributed by atoms with E-state index in [9.17, 15) is 9.59 Å². The lowest BCUT2D eigenvalue weighted by Crippen LogP contribution is -2.27. The van der Waals surface area contributed by atoms with E-state index in [1.807, 2.05) is 0 Å². The summed E-state index contributed by atoms with van der Waals surface area (Å²) in [5.74, 6) is 1.27. The smallest absolute Gasteiger partial charge is 0.251 e. The van der Waals surface area contributed by atoms with Crippen LogP contribution in [0, 0.1) is 5.41 Å². The van der Waals surface area contributed by atoms with Gasteiger partial charge in [-0.05, 0) is 18.2 Å². The number of hydrogen-bond donors (Lipinski definition) is 5. The molecule has 6 N–H and O–H groups in total. The number of H-pyrrole nitrogens is 1. The van der Waals surface area contributed by atoms with E-state index < -0.39 is 0 Å². The predicted molar refractivity (Wildman–Crippen MR) is 96.8 cm³/mol. The average Bonchev–Trinajstić information content (AvgIpc) is 3.17. The van der Waals surface area contributed by atoms with Crippen LogP contribution >= 0.6 is 0 Å². The number of amidine groups is 1. The number of amides is 2. The number of hydrogen-bond acceptors (Lipinski definition) is 5. The second-order valence-corrected chi connectivity index (χ2v) is 5.67. The van der Waals surface area contributed by atoms with Gasteiger partial charge in [-0.1, -0.05) is 0 Å². The van der Waals surface area contributed by atoms with E-state index in [0.29, 0.717) is 53.4 Å². The van der Waals surface area contributed by atoms with E-state index in [1.165, 1.54) is 0 Å². The number of carbonyl (C=O) groups excluding carboxylic acids is 2. The summed E-state index contributed by atoms with van der Waals surface area (Å²) in [4.78, 5) is 34.6. The monoisotopic (exact) mass is 354 g/mol. The van der Waals surface area contributed by atoms with Gasteiger partial charge in [-0.2, -0.15) is 0 Å². The van der Waals surface area contributed by atoms with Crippen LogP contribution in [-0.2, 0) is 11.8 Å². The molecule has 2 heterocycles. The van der Waals surface area contributed by atoms with Crippen molar-refractivity contribution >= 4 is 35.0 Å². The van der Waals surface area contributed by atoms with Crippen molar-refractivity contribution in [3.8, 4) is 11.6 Å². The van der Waals surface area contributed by atoms with E-state index in [4.69, 9.17) is 11.1 Å². The van der Waals surface area contributed by atoms with Gasteiger partial charge < -0.3 is 25.9 Å². The van der Waals surface area contributed by atoms with Crippen molar-refractivity contribution in [3.63, 3.8) is 0 Å². The Morgan fingerprint density at radius 3 is 2.96 bits per heavy atom. The normalized spacial score (nSPS) is 10.7. The zero-order valence-corrected chi connectivity index (χ0v) is 14.0. The molecule has 2 amide bonds. The van der Waals surface area contributed by atoms with Crippen molar-refractivity contribution < 1.29 is 9.59 Å². The molecule has 10 heteroatoms. The van der Waals surface area contributed by atoms with Crippen LogP contribution in [0.4, 0.5) is 5.82 Å². The third-order valence-corrected chi connectivity index (χ3v) is 3.72. The van der Waals surface area contributed by atoms with Crippen molar-refractivity contribution in [2.45, 2.75) is 6.42 Å². The molecular weight excluding hydrogens is 336 g/mol.